The van der Waals surface area contributed by atoms with Crippen LogP contribution < -0.4 is 9.80 Å². The van der Waals surface area contributed by atoms with Crippen LogP contribution in [0.15, 0.2) is 257 Å². The van der Waals surface area contributed by atoms with Gasteiger partial charge in [-0.1, -0.05) is 177 Å². The lowest BCUT2D eigenvalue weighted by Crippen LogP contribution is -2.28. The second-order valence-electron chi connectivity index (χ2n) is 19.9. The average Bonchev–Trinajstić information content (AvgIpc) is 1.52. The van der Waals surface area contributed by atoms with Gasteiger partial charge in [0.2, 0.25) is 0 Å². The molecule has 0 spiro atoms. The third-order valence-electron chi connectivity index (χ3n) is 15.8. The highest BCUT2D eigenvalue weighted by atomic mass is 16.3. The molecule has 3 aliphatic carbocycles. The van der Waals surface area contributed by atoms with Crippen molar-refractivity contribution in [2.75, 3.05) is 9.80 Å². The molecular formula is C70H50N2O2. The van der Waals surface area contributed by atoms with Gasteiger partial charge in [-0.15, -0.1) is 0 Å². The second kappa shape index (κ2) is 16.2. The van der Waals surface area contributed by atoms with Crippen molar-refractivity contribution >= 4 is 83.6 Å². The van der Waals surface area contributed by atoms with Crippen LogP contribution in [-0.2, 0) is 10.8 Å². The molecule has 0 N–H and O–H groups in total. The standard InChI is InChI=1S/C70H50N2O2/c1-69(2)59-29-13-9-26-53(59)57-42-49(36-39-60(57)69)71(50-37-40-66-58(43-50)55-27-11-15-32-64(55)73-66)47-23-17-24-48(41-47)72(63-31-18-34-67-68(63)56-28-12-16-33-65(56)74-67)51-35-38-54-52-25-10-14-30-61(52)70(62(54)44-51,45-19-5-3-6-20-45)46-21-7-4-8-22-46/h3-12,14-28,30-44H,13,29H2,1-2H3/i3D,4D,5D,6D,7D,8D,19D,20D,21D,22D. The second-order valence-corrected chi connectivity index (χ2v) is 19.9. The van der Waals surface area contributed by atoms with Crippen LogP contribution in [0.3, 0.4) is 0 Å². The van der Waals surface area contributed by atoms with Gasteiger partial charge in [0.05, 0.1) is 30.2 Å². The van der Waals surface area contributed by atoms with E-state index in [1.165, 1.54) is 22.3 Å². The number of para-hydroxylation sites is 2. The highest BCUT2D eigenvalue weighted by molar-refractivity contribution is 6.14. The lowest BCUT2D eigenvalue weighted by atomic mass is 9.67. The Morgan fingerprint density at radius 3 is 1.85 bits per heavy atom. The van der Waals surface area contributed by atoms with E-state index in [9.17, 15) is 5.48 Å². The van der Waals surface area contributed by atoms with Crippen LogP contribution in [0, 0.1) is 0 Å². The Bertz CT molecular complexity index is 4810. The van der Waals surface area contributed by atoms with Gasteiger partial charge in [-0.25, -0.2) is 0 Å². The third-order valence-corrected chi connectivity index (χ3v) is 15.8. The molecule has 3 aliphatic rings. The highest BCUT2D eigenvalue weighted by Crippen LogP contribution is 2.58. The lowest BCUT2D eigenvalue weighted by Gasteiger charge is -2.35. The van der Waals surface area contributed by atoms with Gasteiger partial charge in [-0.2, -0.15) is 0 Å². The van der Waals surface area contributed by atoms with Crippen molar-refractivity contribution < 1.29 is 22.5 Å². The van der Waals surface area contributed by atoms with E-state index in [1.807, 2.05) is 109 Å². The van der Waals surface area contributed by atoms with Crippen LogP contribution in [0.4, 0.5) is 34.1 Å². The normalized spacial score (nSPS) is 16.8. The summed E-state index contributed by atoms with van der Waals surface area (Å²) in [4.78, 5) is 4.39. The Balaban J connectivity index is 1.03. The van der Waals surface area contributed by atoms with Crippen LogP contribution in [0.1, 0.15) is 73.8 Å². The van der Waals surface area contributed by atoms with Crippen molar-refractivity contribution in [3.8, 4) is 11.1 Å². The molecule has 0 fully saturated rings. The molecular weight excluding hydrogens is 901 g/mol. The molecule has 0 unspecified atom stereocenters. The first kappa shape index (κ1) is 33.5. The number of benzene rings is 10. The summed E-state index contributed by atoms with van der Waals surface area (Å²) >= 11 is 0. The minimum absolute atomic E-state index is 0.147. The molecule has 352 valence electrons. The smallest absolute Gasteiger partial charge is 0.137 e. The van der Waals surface area contributed by atoms with E-state index in [4.69, 9.17) is 17.1 Å². The van der Waals surface area contributed by atoms with Gasteiger partial charge < -0.3 is 18.6 Å². The highest BCUT2D eigenvalue weighted by Gasteiger charge is 2.46. The summed E-state index contributed by atoms with van der Waals surface area (Å²) in [5.74, 6) is 0. The molecule has 0 atom stereocenters. The van der Waals surface area contributed by atoms with Gasteiger partial charge in [-0.3, -0.25) is 0 Å². The van der Waals surface area contributed by atoms with E-state index >= 15 is 0 Å². The summed E-state index contributed by atoms with van der Waals surface area (Å²) in [5, 5.41) is 3.63. The van der Waals surface area contributed by atoms with E-state index < -0.39 is 65.8 Å². The number of hydrogen-bond donors (Lipinski definition) is 0. The van der Waals surface area contributed by atoms with Gasteiger partial charge in [0.1, 0.15) is 22.3 Å². The molecule has 0 amide bonds. The SMILES string of the molecule is [2H]c1c([2H])c([2H])c(C2(c3c([2H])c([2H])c([2H])c([2H])c3[2H])c3ccccc3-c3ccc(N(c4cccc(N(c5ccc6c(c5)C5=C(CCC=C5)C6(C)C)c5ccc6oc7ccccc7c6c5)c4)c4cccc5oc6ccccc6c45)cc32)c([2H])c1[2H]. The van der Waals surface area contributed by atoms with Crippen LogP contribution in [0.2, 0.25) is 0 Å². The molecule has 4 heteroatoms. The first-order valence-electron chi connectivity index (χ1n) is 30.1. The Morgan fingerprint density at radius 1 is 0.446 bits per heavy atom. The lowest BCUT2D eigenvalue weighted by molar-refractivity contribution is 0.607. The first-order valence-corrected chi connectivity index (χ1v) is 25.1. The van der Waals surface area contributed by atoms with Crippen LogP contribution >= 0.6 is 0 Å². The molecule has 0 radical (unpaired) electrons. The van der Waals surface area contributed by atoms with E-state index in [0.717, 1.165) is 68.3 Å². The number of furan rings is 2. The van der Waals surface area contributed by atoms with Crippen LogP contribution in [0.5, 0.6) is 0 Å². The maximum atomic E-state index is 9.73. The predicted molar refractivity (Wildman–Crippen MR) is 306 cm³/mol. The summed E-state index contributed by atoms with van der Waals surface area (Å²) in [7, 11) is 0. The Hall–Kier alpha value is -9.12. The van der Waals surface area contributed by atoms with Gasteiger partial charge in [-0.05, 0) is 148 Å². The van der Waals surface area contributed by atoms with Crippen LogP contribution in [0.25, 0.3) is 60.6 Å². The van der Waals surface area contributed by atoms with Crippen molar-refractivity contribution in [1.82, 2.24) is 0 Å². The molecule has 0 saturated carbocycles. The minimum Gasteiger partial charge on any atom is -0.456 e. The number of allylic oxidation sites excluding steroid dienone is 4. The zero-order valence-electron chi connectivity index (χ0n) is 50.4. The molecule has 10 aromatic carbocycles. The first-order chi connectivity index (χ1) is 40.6. The summed E-state index contributed by atoms with van der Waals surface area (Å²) in [6, 6.07) is 50.2. The Labute approximate surface area is 444 Å². The topological polar surface area (TPSA) is 32.8 Å². The fraction of sp³-hybridized carbons (Fsp3) is 0.0857. The molecule has 0 aliphatic heterocycles. The summed E-state index contributed by atoms with van der Waals surface area (Å²) in [5.41, 5.74) is 11.9. The molecule has 74 heavy (non-hydrogen) atoms. The van der Waals surface area contributed by atoms with E-state index in [-0.39, 0.29) is 16.5 Å². The van der Waals surface area contributed by atoms with Crippen molar-refractivity contribution in [2.24, 2.45) is 0 Å². The molecule has 15 rings (SSSR count). The van der Waals surface area contributed by atoms with Gasteiger partial charge in [0, 0.05) is 50.0 Å². The third kappa shape index (κ3) is 6.15. The van der Waals surface area contributed by atoms with Crippen molar-refractivity contribution in [1.29, 1.82) is 0 Å². The molecule has 4 nitrogen and oxygen atoms in total. The molecule has 12 aromatic rings. The molecule has 2 aromatic heterocycles. The monoisotopic (exact) mass is 960 g/mol. The maximum absolute atomic E-state index is 9.73. The van der Waals surface area contributed by atoms with E-state index in [2.05, 4.69) is 84.3 Å². The van der Waals surface area contributed by atoms with E-state index in [1.54, 1.807) is 12.1 Å². The maximum Gasteiger partial charge on any atom is 0.137 e. The number of nitrogens with zero attached hydrogens (tertiary/aromatic N) is 2. The zero-order valence-corrected chi connectivity index (χ0v) is 40.4. The van der Waals surface area contributed by atoms with Gasteiger partial charge >= 0.3 is 0 Å². The fourth-order valence-electron chi connectivity index (χ4n) is 12.6. The fourth-order valence-corrected chi connectivity index (χ4v) is 12.6. The number of fused-ring (bicyclic) bond motifs is 11. The quantitative estimate of drug-likeness (QED) is 0.152. The largest absolute Gasteiger partial charge is 0.456 e. The predicted octanol–water partition coefficient (Wildman–Crippen LogP) is 19.2. The zero-order chi connectivity index (χ0) is 57.8. The molecule has 0 saturated heterocycles. The Morgan fingerprint density at radius 2 is 1.04 bits per heavy atom. The molecule has 2 heterocycles. The van der Waals surface area contributed by atoms with Crippen molar-refractivity contribution in [2.45, 2.75) is 37.5 Å². The Kier molecular flexibility index (Phi) is 7.34. The van der Waals surface area contributed by atoms with Gasteiger partial charge in [0.25, 0.3) is 0 Å². The summed E-state index contributed by atoms with van der Waals surface area (Å²) < 4.78 is 106. The van der Waals surface area contributed by atoms with Gasteiger partial charge in [0.15, 0.2) is 0 Å². The molecule has 0 bridgehead atoms. The van der Waals surface area contributed by atoms with E-state index in [0.29, 0.717) is 44.8 Å². The summed E-state index contributed by atoms with van der Waals surface area (Å²) in [6.45, 7) is 4.64. The number of hydrogen-bond acceptors (Lipinski definition) is 4. The van der Waals surface area contributed by atoms with Crippen LogP contribution in [-0.4, -0.2) is 0 Å². The summed E-state index contributed by atoms with van der Waals surface area (Å²) in [6.07, 6.45) is 6.54. The average molecular weight is 961 g/mol. The number of rotatable bonds is 8. The van der Waals surface area contributed by atoms with Crippen molar-refractivity contribution in [3.05, 3.63) is 281 Å². The minimum atomic E-state index is -2.07. The number of anilines is 6. The van der Waals surface area contributed by atoms with Crippen molar-refractivity contribution in [3.63, 3.8) is 0 Å².